The molecule has 0 amide bonds. The first kappa shape index (κ1) is 23.5. The van der Waals surface area contributed by atoms with E-state index in [0.29, 0.717) is 48.0 Å². The zero-order valence-corrected chi connectivity index (χ0v) is 19.1. The molecule has 0 spiro atoms. The van der Waals surface area contributed by atoms with Gasteiger partial charge in [-0.05, 0) is 18.4 Å². The number of Topliss-reactive ketones (excluding diaryl/α,β-unsaturated/α-hetero) is 1. The minimum Gasteiger partial charge on any atom is -0.493 e. The number of aromatic carboxylic acids is 1. The van der Waals surface area contributed by atoms with Crippen LogP contribution in [0.4, 0.5) is 0 Å². The number of pyridine rings is 1. The van der Waals surface area contributed by atoms with Gasteiger partial charge in [0.25, 0.3) is 0 Å². The number of rotatable bonds is 7. The minimum atomic E-state index is -1.28. The first-order chi connectivity index (χ1) is 15.0. The SMILES string of the molecule is COCCCOc1cc2c(cc1C(C)=O)-c1cc(=O)c(C(=O)O)cn1C(C(C)(C)C)CO2. The standard InChI is InChI=1S/C24H29NO7/c1-14(26)15-9-16-18-10-19(27)17(23(28)29)12-25(18)22(24(2,3)4)13-32-21(16)11-20(15)31-8-6-7-30-5/h9-12,22H,6-8,13H2,1-5H3,(H,28,29). The number of fused-ring (bicyclic) bond motifs is 3. The largest absolute Gasteiger partial charge is 0.493 e. The van der Waals surface area contributed by atoms with E-state index in [1.54, 1.807) is 23.8 Å². The number of methoxy groups -OCH3 is 1. The summed E-state index contributed by atoms with van der Waals surface area (Å²) in [6.45, 7) is 8.66. The lowest BCUT2D eigenvalue weighted by Gasteiger charge is -2.32. The highest BCUT2D eigenvalue weighted by Crippen LogP contribution is 2.43. The summed E-state index contributed by atoms with van der Waals surface area (Å²) in [5.74, 6) is -0.605. The van der Waals surface area contributed by atoms with Crippen molar-refractivity contribution in [2.24, 2.45) is 5.41 Å². The van der Waals surface area contributed by atoms with E-state index in [4.69, 9.17) is 14.2 Å². The summed E-state index contributed by atoms with van der Waals surface area (Å²) in [6.07, 6.45) is 2.03. The number of hydrogen-bond acceptors (Lipinski definition) is 6. The van der Waals surface area contributed by atoms with Gasteiger partial charge < -0.3 is 23.9 Å². The smallest absolute Gasteiger partial charge is 0.341 e. The zero-order chi connectivity index (χ0) is 23.6. The minimum absolute atomic E-state index is 0.192. The number of ketones is 1. The fraction of sp³-hybridized carbons (Fsp3) is 0.458. The highest BCUT2D eigenvalue weighted by atomic mass is 16.5. The van der Waals surface area contributed by atoms with Crippen LogP contribution in [0.2, 0.25) is 0 Å². The molecule has 1 atom stereocenters. The molecule has 0 radical (unpaired) electrons. The van der Waals surface area contributed by atoms with Gasteiger partial charge in [0.2, 0.25) is 0 Å². The maximum absolute atomic E-state index is 12.6. The Kier molecular flexibility index (Phi) is 6.74. The first-order valence-electron chi connectivity index (χ1n) is 10.5. The molecule has 0 saturated heterocycles. The molecule has 172 valence electrons. The summed E-state index contributed by atoms with van der Waals surface area (Å²) in [5.41, 5.74) is 0.191. The zero-order valence-electron chi connectivity index (χ0n) is 19.1. The predicted octanol–water partition coefficient (Wildman–Crippen LogP) is 3.81. The number of nitrogens with zero attached hydrogens (tertiary/aromatic N) is 1. The van der Waals surface area contributed by atoms with Gasteiger partial charge in [-0.3, -0.25) is 9.59 Å². The third-order valence-electron chi connectivity index (χ3n) is 5.53. The molecule has 1 aromatic carbocycles. The summed E-state index contributed by atoms with van der Waals surface area (Å²) in [7, 11) is 1.61. The van der Waals surface area contributed by atoms with Crippen molar-refractivity contribution in [3.63, 3.8) is 0 Å². The van der Waals surface area contributed by atoms with E-state index in [2.05, 4.69) is 0 Å². The van der Waals surface area contributed by atoms with Gasteiger partial charge >= 0.3 is 5.97 Å². The highest BCUT2D eigenvalue weighted by Gasteiger charge is 2.33. The number of hydrogen-bond donors (Lipinski definition) is 1. The van der Waals surface area contributed by atoms with Crippen LogP contribution < -0.4 is 14.9 Å². The number of carboxylic acids is 1. The third kappa shape index (κ3) is 4.70. The summed E-state index contributed by atoms with van der Waals surface area (Å²) >= 11 is 0. The van der Waals surface area contributed by atoms with E-state index >= 15 is 0 Å². The van der Waals surface area contributed by atoms with Crippen molar-refractivity contribution in [3.8, 4) is 22.8 Å². The molecule has 1 unspecified atom stereocenters. The van der Waals surface area contributed by atoms with Crippen LogP contribution in [0, 0.1) is 5.41 Å². The van der Waals surface area contributed by atoms with Crippen molar-refractivity contribution in [2.45, 2.75) is 40.2 Å². The van der Waals surface area contributed by atoms with Crippen LogP contribution in [0.5, 0.6) is 11.5 Å². The van der Waals surface area contributed by atoms with Crippen LogP contribution in [-0.4, -0.2) is 48.4 Å². The average Bonchev–Trinajstić information content (AvgIpc) is 2.85. The number of ether oxygens (including phenoxy) is 3. The summed E-state index contributed by atoms with van der Waals surface area (Å²) in [4.78, 5) is 36.6. The highest BCUT2D eigenvalue weighted by molar-refractivity contribution is 5.99. The molecule has 0 fully saturated rings. The molecule has 8 heteroatoms. The Morgan fingerprint density at radius 3 is 2.50 bits per heavy atom. The lowest BCUT2D eigenvalue weighted by molar-refractivity contribution is 0.0692. The summed E-state index contributed by atoms with van der Waals surface area (Å²) < 4.78 is 18.8. The number of carboxylic acid groups (broad SMARTS) is 1. The van der Waals surface area contributed by atoms with Gasteiger partial charge in [0, 0.05) is 44.0 Å². The van der Waals surface area contributed by atoms with Crippen LogP contribution >= 0.6 is 0 Å². The average molecular weight is 443 g/mol. The van der Waals surface area contributed by atoms with E-state index < -0.39 is 11.4 Å². The van der Waals surface area contributed by atoms with Gasteiger partial charge in [-0.25, -0.2) is 4.79 Å². The van der Waals surface area contributed by atoms with Crippen molar-refractivity contribution in [1.82, 2.24) is 4.57 Å². The molecule has 0 bridgehead atoms. The molecule has 32 heavy (non-hydrogen) atoms. The summed E-state index contributed by atoms with van der Waals surface area (Å²) in [5, 5.41) is 9.48. The van der Waals surface area contributed by atoms with Gasteiger partial charge in [0.05, 0.1) is 23.9 Å². The van der Waals surface area contributed by atoms with Crippen LogP contribution in [-0.2, 0) is 4.74 Å². The molecule has 2 aromatic rings. The molecule has 2 heterocycles. The molecule has 1 aliphatic rings. The van der Waals surface area contributed by atoms with Gasteiger partial charge in [0.15, 0.2) is 11.2 Å². The topological polar surface area (TPSA) is 104 Å². The Morgan fingerprint density at radius 2 is 1.91 bits per heavy atom. The quantitative estimate of drug-likeness (QED) is 0.512. The van der Waals surface area contributed by atoms with Crippen LogP contribution in [0.1, 0.15) is 60.9 Å². The molecule has 3 rings (SSSR count). The third-order valence-corrected chi connectivity index (χ3v) is 5.53. The van der Waals surface area contributed by atoms with Gasteiger partial charge in [-0.2, -0.15) is 0 Å². The van der Waals surface area contributed by atoms with Crippen molar-refractivity contribution >= 4 is 11.8 Å². The van der Waals surface area contributed by atoms with E-state index in [0.717, 1.165) is 0 Å². The Labute approximate surface area is 186 Å². The van der Waals surface area contributed by atoms with E-state index in [-0.39, 0.29) is 29.4 Å². The fourth-order valence-corrected chi connectivity index (χ4v) is 3.76. The van der Waals surface area contributed by atoms with Gasteiger partial charge in [0.1, 0.15) is 23.7 Å². The van der Waals surface area contributed by atoms with E-state index in [9.17, 15) is 19.5 Å². The van der Waals surface area contributed by atoms with Gasteiger partial charge in [-0.1, -0.05) is 20.8 Å². The maximum atomic E-state index is 12.6. The van der Waals surface area contributed by atoms with Crippen LogP contribution in [0.15, 0.2) is 29.2 Å². The van der Waals surface area contributed by atoms with Crippen LogP contribution in [0.3, 0.4) is 0 Å². The molecule has 1 N–H and O–H groups in total. The van der Waals surface area contributed by atoms with Crippen molar-refractivity contribution in [3.05, 3.63) is 45.7 Å². The van der Waals surface area contributed by atoms with Crippen molar-refractivity contribution in [1.29, 1.82) is 0 Å². The molecule has 0 aliphatic carbocycles. The van der Waals surface area contributed by atoms with Crippen molar-refractivity contribution in [2.75, 3.05) is 26.9 Å². The number of aromatic nitrogens is 1. The molecular weight excluding hydrogens is 414 g/mol. The lowest BCUT2D eigenvalue weighted by Crippen LogP contribution is -2.31. The number of carbonyl (C=O) groups is 2. The second kappa shape index (κ2) is 9.16. The Balaban J connectivity index is 2.21. The Morgan fingerprint density at radius 1 is 1.19 bits per heavy atom. The lowest BCUT2D eigenvalue weighted by atomic mass is 9.86. The predicted molar refractivity (Wildman–Crippen MR) is 119 cm³/mol. The maximum Gasteiger partial charge on any atom is 0.341 e. The number of benzene rings is 1. The Hall–Kier alpha value is -3.13. The first-order valence-corrected chi connectivity index (χ1v) is 10.5. The molecular formula is C24H29NO7. The van der Waals surface area contributed by atoms with Crippen molar-refractivity contribution < 1.29 is 28.9 Å². The van der Waals surface area contributed by atoms with E-state index in [1.165, 1.54) is 19.2 Å². The number of carbonyl (C=O) groups excluding carboxylic acids is 1. The van der Waals surface area contributed by atoms with Gasteiger partial charge in [-0.15, -0.1) is 0 Å². The summed E-state index contributed by atoms with van der Waals surface area (Å²) in [6, 6.07) is 4.37. The molecule has 1 aliphatic heterocycles. The van der Waals surface area contributed by atoms with Crippen LogP contribution in [0.25, 0.3) is 11.3 Å². The molecule has 8 nitrogen and oxygen atoms in total. The molecule has 1 aromatic heterocycles. The fourth-order valence-electron chi connectivity index (χ4n) is 3.76. The normalized spacial score (nSPS) is 15.2. The Bertz CT molecular complexity index is 1090. The monoisotopic (exact) mass is 443 g/mol. The second-order valence-corrected chi connectivity index (χ2v) is 8.94. The molecule has 0 saturated carbocycles. The van der Waals surface area contributed by atoms with E-state index in [1.807, 2.05) is 20.8 Å². The second-order valence-electron chi connectivity index (χ2n) is 8.94.